The van der Waals surface area contributed by atoms with Gasteiger partial charge in [0, 0.05) is 11.6 Å². The third-order valence-electron chi connectivity index (χ3n) is 4.92. The highest BCUT2D eigenvalue weighted by molar-refractivity contribution is 7.90. The minimum Gasteiger partial charge on any atom is -0.496 e. The summed E-state index contributed by atoms with van der Waals surface area (Å²) in [5.74, 6) is -0.900. The van der Waals surface area contributed by atoms with Crippen molar-refractivity contribution in [3.8, 4) is 5.75 Å². The second-order valence-electron chi connectivity index (χ2n) is 7.01. The number of fused-ring (bicyclic) bond motifs is 1. The summed E-state index contributed by atoms with van der Waals surface area (Å²) in [6, 6.07) is 13.2. The summed E-state index contributed by atoms with van der Waals surface area (Å²) in [5, 5.41) is 9.47. The number of carbonyl (C=O) groups is 2. The summed E-state index contributed by atoms with van der Waals surface area (Å²) in [5.41, 5.74) is 1.40. The fraction of sp³-hybridized carbons (Fsp3) is 0.227. The molecule has 1 heterocycles. The zero-order valence-electron chi connectivity index (χ0n) is 17.5. The Morgan fingerprint density at radius 1 is 1.19 bits per heavy atom. The third kappa shape index (κ3) is 5.04. The summed E-state index contributed by atoms with van der Waals surface area (Å²) in [7, 11) is -1.41. The van der Waals surface area contributed by atoms with Crippen molar-refractivity contribution in [1.82, 2.24) is 10.0 Å². The van der Waals surface area contributed by atoms with E-state index in [4.69, 9.17) is 9.47 Å². The molecule has 1 unspecified atom stereocenters. The number of esters is 1. The van der Waals surface area contributed by atoms with Crippen molar-refractivity contribution < 1.29 is 32.7 Å². The quantitative estimate of drug-likeness (QED) is 0.225. The van der Waals surface area contributed by atoms with E-state index in [0.29, 0.717) is 5.56 Å². The van der Waals surface area contributed by atoms with E-state index < -0.39 is 27.6 Å². The van der Waals surface area contributed by atoms with Gasteiger partial charge in [0.05, 0.1) is 32.0 Å². The van der Waals surface area contributed by atoms with Gasteiger partial charge in [-0.15, -0.1) is 0 Å². The van der Waals surface area contributed by atoms with Crippen molar-refractivity contribution >= 4 is 33.1 Å². The lowest BCUT2D eigenvalue weighted by Gasteiger charge is -2.22. The van der Waals surface area contributed by atoms with Crippen molar-refractivity contribution in [3.63, 3.8) is 0 Å². The summed E-state index contributed by atoms with van der Waals surface area (Å²) in [6.45, 7) is -0.528. The van der Waals surface area contributed by atoms with Gasteiger partial charge < -0.3 is 9.47 Å². The van der Waals surface area contributed by atoms with Crippen LogP contribution in [-0.2, 0) is 25.1 Å². The number of aromatic nitrogens is 1. The zero-order valence-corrected chi connectivity index (χ0v) is 18.3. The highest BCUT2D eigenvalue weighted by atomic mass is 32.2. The van der Waals surface area contributed by atoms with Gasteiger partial charge in [-0.2, -0.15) is 0 Å². The van der Waals surface area contributed by atoms with E-state index in [9.17, 15) is 23.2 Å². The first kappa shape index (κ1) is 23.2. The SMILES string of the molecule is COC(=O)c1cc(C(CN(O)C=O)S(=O)(=O)Cc2cnc3ccccc3c2)ccc1OC. The predicted molar refractivity (Wildman–Crippen MR) is 116 cm³/mol. The molecule has 0 radical (unpaired) electrons. The minimum absolute atomic E-state index is 0.0238. The number of carbonyl (C=O) groups excluding carboxylic acids is 2. The lowest BCUT2D eigenvalue weighted by Crippen LogP contribution is -2.29. The van der Waals surface area contributed by atoms with Crippen LogP contribution in [0.3, 0.4) is 0 Å². The zero-order chi connectivity index (χ0) is 23.3. The number of methoxy groups -OCH3 is 2. The molecule has 0 saturated carbocycles. The number of para-hydroxylation sites is 1. The van der Waals surface area contributed by atoms with Crippen LogP contribution in [0.25, 0.3) is 10.9 Å². The Hall–Kier alpha value is -3.50. The van der Waals surface area contributed by atoms with E-state index >= 15 is 0 Å². The lowest BCUT2D eigenvalue weighted by atomic mass is 10.1. The van der Waals surface area contributed by atoms with Gasteiger partial charge in [0.25, 0.3) is 0 Å². The van der Waals surface area contributed by atoms with Gasteiger partial charge in [0.1, 0.15) is 16.6 Å². The Balaban J connectivity index is 2.03. The van der Waals surface area contributed by atoms with Crippen molar-refractivity contribution in [2.75, 3.05) is 20.8 Å². The Labute approximate surface area is 185 Å². The van der Waals surface area contributed by atoms with Gasteiger partial charge in [-0.1, -0.05) is 24.3 Å². The molecule has 0 saturated heterocycles. The number of nitrogens with zero attached hydrogens (tertiary/aromatic N) is 2. The standard InChI is InChI=1S/C22H22N2O7S/c1-30-20-8-7-17(10-18(20)22(26)31-2)21(12-24(27)14-25)32(28,29)13-15-9-16-5-3-4-6-19(16)23-11-15/h3-11,14,21,27H,12-13H2,1-2H3. The maximum Gasteiger partial charge on any atom is 0.341 e. The second-order valence-corrected chi connectivity index (χ2v) is 9.19. The molecule has 10 heteroatoms. The van der Waals surface area contributed by atoms with E-state index in [2.05, 4.69) is 4.98 Å². The van der Waals surface area contributed by atoms with Gasteiger partial charge in [0.2, 0.25) is 6.41 Å². The van der Waals surface area contributed by atoms with Crippen LogP contribution in [0.1, 0.15) is 26.7 Å². The van der Waals surface area contributed by atoms with Crippen LogP contribution in [0.2, 0.25) is 0 Å². The van der Waals surface area contributed by atoms with E-state index in [1.165, 1.54) is 38.6 Å². The van der Waals surface area contributed by atoms with Crippen molar-refractivity contribution in [2.24, 2.45) is 0 Å². The van der Waals surface area contributed by atoms with E-state index in [1.807, 2.05) is 24.3 Å². The molecule has 1 N–H and O–H groups in total. The van der Waals surface area contributed by atoms with Crippen molar-refractivity contribution in [2.45, 2.75) is 11.0 Å². The second kappa shape index (κ2) is 9.75. The van der Waals surface area contributed by atoms with E-state index in [0.717, 1.165) is 10.9 Å². The van der Waals surface area contributed by atoms with Crippen LogP contribution in [0, 0.1) is 0 Å². The fourth-order valence-electron chi connectivity index (χ4n) is 3.36. The number of benzene rings is 2. The molecular formula is C22H22N2O7S. The van der Waals surface area contributed by atoms with Gasteiger partial charge in [-0.25, -0.2) is 18.3 Å². The van der Waals surface area contributed by atoms with Crippen molar-refractivity contribution in [1.29, 1.82) is 0 Å². The van der Waals surface area contributed by atoms with Crippen LogP contribution in [0.15, 0.2) is 54.7 Å². The Morgan fingerprint density at radius 2 is 1.94 bits per heavy atom. The maximum atomic E-state index is 13.4. The molecule has 1 aromatic heterocycles. The number of ether oxygens (including phenoxy) is 2. The molecule has 0 bridgehead atoms. The highest BCUT2D eigenvalue weighted by Gasteiger charge is 2.31. The summed E-state index contributed by atoms with van der Waals surface area (Å²) < 4.78 is 36.6. The molecule has 3 aromatic rings. The molecule has 0 aliphatic carbocycles. The van der Waals surface area contributed by atoms with Crippen LogP contribution in [-0.4, -0.2) is 56.8 Å². The van der Waals surface area contributed by atoms with E-state index in [1.54, 1.807) is 6.07 Å². The molecule has 1 amide bonds. The molecular weight excluding hydrogens is 436 g/mol. The topological polar surface area (TPSA) is 123 Å². The van der Waals surface area contributed by atoms with Gasteiger partial charge in [0.15, 0.2) is 9.84 Å². The number of hydrogen-bond donors (Lipinski definition) is 1. The Bertz CT molecular complexity index is 1240. The van der Waals surface area contributed by atoms with Gasteiger partial charge in [-0.05, 0) is 35.4 Å². The normalized spacial score (nSPS) is 12.2. The smallest absolute Gasteiger partial charge is 0.341 e. The summed E-state index contributed by atoms with van der Waals surface area (Å²) in [6.07, 6.45) is 1.59. The molecule has 1 atom stereocenters. The molecule has 2 aromatic carbocycles. The summed E-state index contributed by atoms with van der Waals surface area (Å²) in [4.78, 5) is 27.4. The molecule has 0 fully saturated rings. The number of amides is 1. The van der Waals surface area contributed by atoms with Crippen LogP contribution in [0.5, 0.6) is 5.75 Å². The minimum atomic E-state index is -3.96. The molecule has 3 rings (SSSR count). The predicted octanol–water partition coefficient (Wildman–Crippen LogP) is 2.53. The molecule has 0 spiro atoms. The van der Waals surface area contributed by atoms with Crippen LogP contribution in [0.4, 0.5) is 0 Å². The first-order chi connectivity index (χ1) is 15.3. The largest absolute Gasteiger partial charge is 0.496 e. The Kier molecular flexibility index (Phi) is 7.06. The number of pyridine rings is 1. The summed E-state index contributed by atoms with van der Waals surface area (Å²) >= 11 is 0. The van der Waals surface area contributed by atoms with Crippen LogP contribution < -0.4 is 4.74 Å². The van der Waals surface area contributed by atoms with E-state index in [-0.39, 0.29) is 34.1 Å². The first-order valence-electron chi connectivity index (χ1n) is 9.51. The average Bonchev–Trinajstić information content (AvgIpc) is 2.80. The number of sulfone groups is 1. The fourth-order valence-corrected chi connectivity index (χ4v) is 5.13. The third-order valence-corrected chi connectivity index (χ3v) is 6.95. The monoisotopic (exact) mass is 458 g/mol. The van der Waals surface area contributed by atoms with Gasteiger partial charge >= 0.3 is 5.97 Å². The lowest BCUT2D eigenvalue weighted by molar-refractivity contribution is -0.149. The number of rotatable bonds is 9. The molecule has 32 heavy (non-hydrogen) atoms. The molecule has 0 aliphatic heterocycles. The first-order valence-corrected chi connectivity index (χ1v) is 11.2. The van der Waals surface area contributed by atoms with Crippen LogP contribution >= 0.6 is 0 Å². The number of hydroxylamine groups is 2. The van der Waals surface area contributed by atoms with Gasteiger partial charge in [-0.3, -0.25) is 15.0 Å². The molecule has 168 valence electrons. The maximum absolute atomic E-state index is 13.4. The number of hydrogen-bond acceptors (Lipinski definition) is 8. The average molecular weight is 458 g/mol. The Morgan fingerprint density at radius 3 is 2.62 bits per heavy atom. The molecule has 0 aliphatic rings. The highest BCUT2D eigenvalue weighted by Crippen LogP contribution is 2.31. The van der Waals surface area contributed by atoms with Crippen molar-refractivity contribution in [3.05, 3.63) is 71.4 Å². The molecule has 9 nitrogen and oxygen atoms in total.